The van der Waals surface area contributed by atoms with Gasteiger partial charge in [0.2, 0.25) is 5.95 Å². The van der Waals surface area contributed by atoms with Crippen LogP contribution in [-0.2, 0) is 21.8 Å². The average Bonchev–Trinajstić information content (AvgIpc) is 3.33. The van der Waals surface area contributed by atoms with E-state index in [4.69, 9.17) is 32.7 Å². The highest BCUT2D eigenvalue weighted by atomic mass is 35.5. The van der Waals surface area contributed by atoms with Crippen molar-refractivity contribution in [1.82, 2.24) is 14.8 Å². The minimum absolute atomic E-state index is 0.212. The van der Waals surface area contributed by atoms with E-state index in [1.807, 2.05) is 18.2 Å². The molecular formula is C18H22Cl2N4O2S. The fraction of sp³-hybridized carbons (Fsp3) is 0.556. The monoisotopic (exact) mass is 428 g/mol. The lowest BCUT2D eigenvalue weighted by Crippen LogP contribution is -2.38. The largest absolute Gasteiger partial charge is 0.378 e. The summed E-state index contributed by atoms with van der Waals surface area (Å²) in [5.74, 6) is 1.53. The summed E-state index contributed by atoms with van der Waals surface area (Å²) in [6.07, 6.45) is 2.39. The Morgan fingerprint density at radius 1 is 1.11 bits per heavy atom. The van der Waals surface area contributed by atoms with Crippen LogP contribution in [0.1, 0.15) is 18.4 Å². The fourth-order valence-electron chi connectivity index (χ4n) is 3.34. The van der Waals surface area contributed by atoms with Gasteiger partial charge in [0.15, 0.2) is 5.16 Å². The summed E-state index contributed by atoms with van der Waals surface area (Å²) in [6, 6.07) is 5.58. The number of benzene rings is 1. The molecule has 1 aromatic carbocycles. The quantitative estimate of drug-likeness (QED) is 0.650. The van der Waals surface area contributed by atoms with Crippen molar-refractivity contribution in [3.8, 4) is 0 Å². The van der Waals surface area contributed by atoms with Crippen LogP contribution in [0, 0.1) is 0 Å². The topological polar surface area (TPSA) is 52.4 Å². The molecular weight excluding hydrogens is 407 g/mol. The van der Waals surface area contributed by atoms with E-state index in [0.29, 0.717) is 29.0 Å². The van der Waals surface area contributed by atoms with Gasteiger partial charge in [-0.15, -0.1) is 10.2 Å². The van der Waals surface area contributed by atoms with Gasteiger partial charge in [-0.05, 0) is 30.5 Å². The molecule has 0 amide bonds. The zero-order valence-electron chi connectivity index (χ0n) is 14.9. The maximum Gasteiger partial charge on any atom is 0.228 e. The fourth-order valence-corrected chi connectivity index (χ4v) is 5.03. The normalized spacial score (nSPS) is 20.4. The van der Waals surface area contributed by atoms with Crippen molar-refractivity contribution in [2.45, 2.75) is 36.4 Å². The molecule has 1 unspecified atom stereocenters. The molecule has 1 atom stereocenters. The van der Waals surface area contributed by atoms with Gasteiger partial charge in [-0.2, -0.15) is 0 Å². The second-order valence-corrected chi connectivity index (χ2v) is 8.37. The first-order chi connectivity index (χ1) is 13.2. The summed E-state index contributed by atoms with van der Waals surface area (Å²) in [4.78, 5) is 2.23. The number of rotatable bonds is 6. The second kappa shape index (κ2) is 9.01. The van der Waals surface area contributed by atoms with E-state index in [1.165, 1.54) is 0 Å². The van der Waals surface area contributed by atoms with Gasteiger partial charge in [-0.3, -0.25) is 4.57 Å². The summed E-state index contributed by atoms with van der Waals surface area (Å²) in [6.45, 7) is 4.67. The maximum absolute atomic E-state index is 6.32. The van der Waals surface area contributed by atoms with Crippen LogP contribution in [0.4, 0.5) is 5.95 Å². The van der Waals surface area contributed by atoms with Crippen molar-refractivity contribution in [1.29, 1.82) is 0 Å². The van der Waals surface area contributed by atoms with Gasteiger partial charge in [0, 0.05) is 35.5 Å². The zero-order chi connectivity index (χ0) is 18.6. The predicted molar refractivity (Wildman–Crippen MR) is 108 cm³/mol. The van der Waals surface area contributed by atoms with E-state index < -0.39 is 0 Å². The molecule has 4 rings (SSSR count). The highest BCUT2D eigenvalue weighted by Crippen LogP contribution is 2.32. The number of aromatic nitrogens is 3. The Morgan fingerprint density at radius 3 is 2.59 bits per heavy atom. The van der Waals surface area contributed by atoms with Crippen LogP contribution in [0.5, 0.6) is 0 Å². The molecule has 2 aliphatic heterocycles. The summed E-state index contributed by atoms with van der Waals surface area (Å²) in [5.41, 5.74) is 0.922. The summed E-state index contributed by atoms with van der Waals surface area (Å²) in [5, 5.41) is 11.2. The third-order valence-corrected chi connectivity index (χ3v) is 6.51. The SMILES string of the molecule is Clc1cccc(Cl)c1CSc1nnc(N2CCOCC2)n1CC1CCCO1. The van der Waals surface area contributed by atoms with Crippen LogP contribution in [0.3, 0.4) is 0 Å². The number of nitrogens with zero attached hydrogens (tertiary/aromatic N) is 4. The third kappa shape index (κ3) is 4.54. The Morgan fingerprint density at radius 2 is 1.89 bits per heavy atom. The van der Waals surface area contributed by atoms with Gasteiger partial charge >= 0.3 is 0 Å². The van der Waals surface area contributed by atoms with Crippen LogP contribution in [-0.4, -0.2) is 53.8 Å². The minimum Gasteiger partial charge on any atom is -0.378 e. The molecule has 1 aromatic heterocycles. The smallest absolute Gasteiger partial charge is 0.228 e. The van der Waals surface area contributed by atoms with Gasteiger partial charge in [0.05, 0.1) is 25.9 Å². The first kappa shape index (κ1) is 19.3. The second-order valence-electron chi connectivity index (χ2n) is 6.62. The van der Waals surface area contributed by atoms with Crippen LogP contribution in [0.2, 0.25) is 10.0 Å². The van der Waals surface area contributed by atoms with Gasteiger partial charge in [0.25, 0.3) is 0 Å². The molecule has 0 aliphatic carbocycles. The Balaban J connectivity index is 1.56. The average molecular weight is 429 g/mol. The Bertz CT molecular complexity index is 756. The highest BCUT2D eigenvalue weighted by Gasteiger charge is 2.25. The Labute approximate surface area is 173 Å². The van der Waals surface area contributed by atoms with E-state index in [9.17, 15) is 0 Å². The van der Waals surface area contributed by atoms with Gasteiger partial charge in [-0.25, -0.2) is 0 Å². The van der Waals surface area contributed by atoms with E-state index in [-0.39, 0.29) is 6.10 Å². The molecule has 146 valence electrons. The molecule has 9 heteroatoms. The number of ether oxygens (including phenoxy) is 2. The molecule has 0 radical (unpaired) electrons. The van der Waals surface area contributed by atoms with Gasteiger partial charge in [0.1, 0.15) is 0 Å². The standard InChI is InChI=1S/C18H22Cl2N4O2S/c19-15-4-1-5-16(20)14(15)12-27-18-22-21-17(23-6-9-25-10-7-23)24(18)11-13-3-2-8-26-13/h1,4-5,13H,2-3,6-12H2. The first-order valence-corrected chi connectivity index (χ1v) is 10.9. The minimum atomic E-state index is 0.212. The van der Waals surface area contributed by atoms with E-state index in [2.05, 4.69) is 19.7 Å². The maximum atomic E-state index is 6.32. The lowest BCUT2D eigenvalue weighted by Gasteiger charge is -2.28. The molecule has 27 heavy (non-hydrogen) atoms. The molecule has 2 aromatic rings. The number of halogens is 2. The zero-order valence-corrected chi connectivity index (χ0v) is 17.3. The molecule has 6 nitrogen and oxygen atoms in total. The molecule has 2 aliphatic rings. The molecule has 2 saturated heterocycles. The summed E-state index contributed by atoms with van der Waals surface area (Å²) < 4.78 is 13.5. The third-order valence-electron chi connectivity index (χ3n) is 4.81. The predicted octanol–water partition coefficient (Wildman–Crippen LogP) is 3.89. The molecule has 0 bridgehead atoms. The van der Waals surface area contributed by atoms with Gasteiger partial charge in [-0.1, -0.05) is 41.0 Å². The lowest BCUT2D eigenvalue weighted by molar-refractivity contribution is 0.0942. The molecule has 0 spiro atoms. The highest BCUT2D eigenvalue weighted by molar-refractivity contribution is 7.98. The van der Waals surface area contributed by atoms with Crippen molar-refractivity contribution >= 4 is 40.9 Å². The van der Waals surface area contributed by atoms with Crippen LogP contribution < -0.4 is 4.90 Å². The van der Waals surface area contributed by atoms with Gasteiger partial charge < -0.3 is 14.4 Å². The first-order valence-electron chi connectivity index (χ1n) is 9.15. The van der Waals surface area contributed by atoms with Crippen molar-refractivity contribution in [2.75, 3.05) is 37.8 Å². The number of thioether (sulfide) groups is 1. The van der Waals surface area contributed by atoms with Crippen LogP contribution in [0.25, 0.3) is 0 Å². The number of morpholine rings is 1. The van der Waals surface area contributed by atoms with Crippen molar-refractivity contribution in [3.63, 3.8) is 0 Å². The summed E-state index contributed by atoms with van der Waals surface area (Å²) in [7, 11) is 0. The Hall–Kier alpha value is -0.990. The number of hydrogen-bond acceptors (Lipinski definition) is 6. The molecule has 2 fully saturated rings. The number of anilines is 1. The molecule has 3 heterocycles. The summed E-state index contributed by atoms with van der Waals surface area (Å²) >= 11 is 14.2. The van der Waals surface area contributed by atoms with Crippen LogP contribution in [0.15, 0.2) is 23.4 Å². The van der Waals surface area contributed by atoms with Crippen molar-refractivity contribution in [2.24, 2.45) is 0 Å². The molecule has 0 saturated carbocycles. The van der Waals surface area contributed by atoms with Crippen LogP contribution >= 0.6 is 35.0 Å². The van der Waals surface area contributed by atoms with E-state index >= 15 is 0 Å². The molecule has 0 N–H and O–H groups in total. The number of hydrogen-bond donors (Lipinski definition) is 0. The lowest BCUT2D eigenvalue weighted by atomic mass is 10.2. The van der Waals surface area contributed by atoms with Crippen molar-refractivity contribution in [3.05, 3.63) is 33.8 Å². The Kier molecular flexibility index (Phi) is 6.45. The van der Waals surface area contributed by atoms with E-state index in [1.54, 1.807) is 11.8 Å². The van der Waals surface area contributed by atoms with E-state index in [0.717, 1.165) is 55.8 Å². The van der Waals surface area contributed by atoms with Crippen molar-refractivity contribution < 1.29 is 9.47 Å².